The number of hydrogen-bond donors (Lipinski definition) is 1. The van der Waals surface area contributed by atoms with Crippen LogP contribution in [0.1, 0.15) is 19.8 Å². The summed E-state index contributed by atoms with van der Waals surface area (Å²) in [6.45, 7) is 4.01. The highest BCUT2D eigenvalue weighted by atomic mass is 16.5. The Bertz CT molecular complexity index is 120. The minimum atomic E-state index is 0.428. The van der Waals surface area contributed by atoms with E-state index < -0.39 is 0 Å². The maximum atomic E-state index is 5.40. The SMILES string of the molecule is CC1COCC2(CC2)N1. The molecule has 52 valence electrons. The highest BCUT2D eigenvalue weighted by molar-refractivity contribution is 5.04. The normalized spacial score (nSPS) is 39.0. The lowest BCUT2D eigenvalue weighted by atomic mass is 10.2. The van der Waals surface area contributed by atoms with Crippen LogP contribution in [0.25, 0.3) is 0 Å². The van der Waals surface area contributed by atoms with Gasteiger partial charge in [-0.15, -0.1) is 0 Å². The molecular formula is C7H13NO. The number of nitrogens with one attached hydrogen (secondary N) is 1. The van der Waals surface area contributed by atoms with Crippen LogP contribution < -0.4 is 5.32 Å². The van der Waals surface area contributed by atoms with Crippen LogP contribution in [-0.2, 0) is 4.74 Å². The predicted molar refractivity (Wildman–Crippen MR) is 35.4 cm³/mol. The zero-order chi connectivity index (χ0) is 6.32. The van der Waals surface area contributed by atoms with Crippen LogP contribution in [0.4, 0.5) is 0 Å². The molecule has 9 heavy (non-hydrogen) atoms. The summed E-state index contributed by atoms with van der Waals surface area (Å²) in [6.07, 6.45) is 2.63. The highest BCUT2D eigenvalue weighted by Gasteiger charge is 2.45. The van der Waals surface area contributed by atoms with Crippen molar-refractivity contribution in [1.82, 2.24) is 5.32 Å². The van der Waals surface area contributed by atoms with E-state index in [0.29, 0.717) is 11.6 Å². The van der Waals surface area contributed by atoms with Crippen molar-refractivity contribution in [3.63, 3.8) is 0 Å². The lowest BCUT2D eigenvalue weighted by Crippen LogP contribution is -2.49. The van der Waals surface area contributed by atoms with Gasteiger partial charge in [0, 0.05) is 11.6 Å². The minimum absolute atomic E-state index is 0.428. The van der Waals surface area contributed by atoms with E-state index in [1.807, 2.05) is 0 Å². The minimum Gasteiger partial charge on any atom is -0.378 e. The lowest BCUT2D eigenvalue weighted by molar-refractivity contribution is 0.0419. The summed E-state index contributed by atoms with van der Waals surface area (Å²) in [5.41, 5.74) is 0.428. The first-order chi connectivity index (χ1) is 4.31. The Balaban J connectivity index is 1.96. The second-order valence-corrected chi connectivity index (χ2v) is 3.34. The molecular weight excluding hydrogens is 114 g/mol. The van der Waals surface area contributed by atoms with Crippen LogP contribution in [0, 0.1) is 0 Å². The van der Waals surface area contributed by atoms with Gasteiger partial charge in [-0.05, 0) is 19.8 Å². The van der Waals surface area contributed by atoms with Gasteiger partial charge in [0.1, 0.15) is 0 Å². The van der Waals surface area contributed by atoms with E-state index in [1.165, 1.54) is 12.8 Å². The Morgan fingerprint density at radius 3 is 2.78 bits per heavy atom. The lowest BCUT2D eigenvalue weighted by Gasteiger charge is -2.28. The van der Waals surface area contributed by atoms with Gasteiger partial charge >= 0.3 is 0 Å². The van der Waals surface area contributed by atoms with E-state index in [2.05, 4.69) is 12.2 Å². The van der Waals surface area contributed by atoms with Crippen LogP contribution in [0.15, 0.2) is 0 Å². The monoisotopic (exact) mass is 127 g/mol. The zero-order valence-corrected chi connectivity index (χ0v) is 5.81. The van der Waals surface area contributed by atoms with Gasteiger partial charge in [0.15, 0.2) is 0 Å². The van der Waals surface area contributed by atoms with Gasteiger partial charge in [-0.1, -0.05) is 0 Å². The van der Waals surface area contributed by atoms with Crippen molar-refractivity contribution < 1.29 is 4.74 Å². The molecule has 0 aromatic heterocycles. The molecule has 1 aliphatic heterocycles. The molecule has 1 heterocycles. The molecule has 1 aliphatic carbocycles. The van der Waals surface area contributed by atoms with Crippen molar-refractivity contribution in [3.8, 4) is 0 Å². The van der Waals surface area contributed by atoms with Gasteiger partial charge in [-0.25, -0.2) is 0 Å². The van der Waals surface area contributed by atoms with Crippen LogP contribution in [-0.4, -0.2) is 24.8 Å². The van der Waals surface area contributed by atoms with Gasteiger partial charge in [0.25, 0.3) is 0 Å². The van der Waals surface area contributed by atoms with E-state index in [9.17, 15) is 0 Å². The van der Waals surface area contributed by atoms with Gasteiger partial charge in [0.2, 0.25) is 0 Å². The Hall–Kier alpha value is -0.0800. The first-order valence-electron chi connectivity index (χ1n) is 3.66. The second-order valence-electron chi connectivity index (χ2n) is 3.34. The predicted octanol–water partition coefficient (Wildman–Crippen LogP) is 0.527. The summed E-state index contributed by atoms with van der Waals surface area (Å²) in [6, 6.07) is 0.571. The van der Waals surface area contributed by atoms with Gasteiger partial charge in [0.05, 0.1) is 13.2 Å². The maximum Gasteiger partial charge on any atom is 0.0649 e. The number of ether oxygens (including phenoxy) is 1. The molecule has 2 heteroatoms. The van der Waals surface area contributed by atoms with Crippen molar-refractivity contribution in [2.24, 2.45) is 0 Å². The Labute approximate surface area is 55.6 Å². The fourth-order valence-corrected chi connectivity index (χ4v) is 1.48. The molecule has 1 atom stereocenters. The molecule has 2 aliphatic rings. The summed E-state index contributed by atoms with van der Waals surface area (Å²) in [4.78, 5) is 0. The molecule has 0 aromatic carbocycles. The first kappa shape index (κ1) is 5.69. The standard InChI is InChI=1S/C7H13NO/c1-6-4-9-5-7(8-6)2-3-7/h6,8H,2-5H2,1H3. The van der Waals surface area contributed by atoms with Gasteiger partial charge < -0.3 is 10.1 Å². The van der Waals surface area contributed by atoms with E-state index in [1.54, 1.807) is 0 Å². The molecule has 0 radical (unpaired) electrons. The quantitative estimate of drug-likeness (QED) is 0.512. The molecule has 2 fully saturated rings. The molecule has 1 spiro atoms. The van der Waals surface area contributed by atoms with E-state index in [-0.39, 0.29) is 0 Å². The number of hydrogen-bond acceptors (Lipinski definition) is 2. The van der Waals surface area contributed by atoms with Crippen molar-refractivity contribution in [3.05, 3.63) is 0 Å². The van der Waals surface area contributed by atoms with Crippen molar-refractivity contribution >= 4 is 0 Å². The van der Waals surface area contributed by atoms with Crippen molar-refractivity contribution in [2.45, 2.75) is 31.3 Å². The molecule has 0 bridgehead atoms. The summed E-state index contributed by atoms with van der Waals surface area (Å²) in [7, 11) is 0. The Morgan fingerprint density at radius 2 is 2.33 bits per heavy atom. The van der Waals surface area contributed by atoms with Crippen LogP contribution in [0.3, 0.4) is 0 Å². The topological polar surface area (TPSA) is 21.3 Å². The van der Waals surface area contributed by atoms with Gasteiger partial charge in [-0.2, -0.15) is 0 Å². The van der Waals surface area contributed by atoms with Crippen LogP contribution in [0.2, 0.25) is 0 Å². The summed E-state index contributed by atoms with van der Waals surface area (Å²) >= 11 is 0. The molecule has 1 N–H and O–H groups in total. The molecule has 2 rings (SSSR count). The summed E-state index contributed by atoms with van der Waals surface area (Å²) < 4.78 is 5.40. The maximum absolute atomic E-state index is 5.40. The molecule has 1 unspecified atom stereocenters. The van der Waals surface area contributed by atoms with Gasteiger partial charge in [-0.3, -0.25) is 0 Å². The van der Waals surface area contributed by atoms with E-state index in [0.717, 1.165) is 13.2 Å². The average molecular weight is 127 g/mol. The number of rotatable bonds is 0. The zero-order valence-electron chi connectivity index (χ0n) is 5.81. The number of morpholine rings is 1. The van der Waals surface area contributed by atoms with E-state index >= 15 is 0 Å². The highest BCUT2D eigenvalue weighted by Crippen LogP contribution is 2.37. The first-order valence-corrected chi connectivity index (χ1v) is 3.66. The third kappa shape index (κ3) is 0.970. The van der Waals surface area contributed by atoms with Crippen molar-refractivity contribution in [2.75, 3.05) is 13.2 Å². The van der Waals surface area contributed by atoms with Crippen LogP contribution >= 0.6 is 0 Å². The smallest absolute Gasteiger partial charge is 0.0649 e. The van der Waals surface area contributed by atoms with Crippen molar-refractivity contribution in [1.29, 1.82) is 0 Å². The third-order valence-corrected chi connectivity index (χ3v) is 2.15. The fraction of sp³-hybridized carbons (Fsp3) is 1.00. The van der Waals surface area contributed by atoms with E-state index in [4.69, 9.17) is 4.74 Å². The second kappa shape index (κ2) is 1.70. The largest absolute Gasteiger partial charge is 0.378 e. The molecule has 2 nitrogen and oxygen atoms in total. The summed E-state index contributed by atoms with van der Waals surface area (Å²) in [5.74, 6) is 0. The van der Waals surface area contributed by atoms with Crippen LogP contribution in [0.5, 0.6) is 0 Å². The third-order valence-electron chi connectivity index (χ3n) is 2.15. The molecule has 1 saturated carbocycles. The molecule has 0 aromatic rings. The summed E-state index contributed by atoms with van der Waals surface area (Å²) in [5, 5.41) is 3.54. The molecule has 0 amide bonds. The Morgan fingerprint density at radius 1 is 1.56 bits per heavy atom. The Kier molecular flexibility index (Phi) is 1.08. The molecule has 1 saturated heterocycles. The fourth-order valence-electron chi connectivity index (χ4n) is 1.48. The average Bonchev–Trinajstić information content (AvgIpc) is 2.49.